The minimum absolute atomic E-state index is 0.416. The Morgan fingerprint density at radius 2 is 1.91 bits per heavy atom. The van der Waals surface area contributed by atoms with Gasteiger partial charge in [0.05, 0.1) is 17.4 Å². The zero-order valence-electron chi connectivity index (χ0n) is 18.0. The first-order chi connectivity index (χ1) is 15.5. The summed E-state index contributed by atoms with van der Waals surface area (Å²) in [6.07, 6.45) is 5.86. The van der Waals surface area contributed by atoms with Crippen LogP contribution in [0.4, 0.5) is 5.95 Å². The van der Waals surface area contributed by atoms with Gasteiger partial charge in [0, 0.05) is 53.6 Å². The highest BCUT2D eigenvalue weighted by atomic mass is 35.5. The molecule has 0 aliphatic rings. The summed E-state index contributed by atoms with van der Waals surface area (Å²) in [7, 11) is 2.06. The number of aryl methyl sites for hydroxylation is 1. The molecule has 0 bridgehead atoms. The normalized spacial score (nSPS) is 11.8. The van der Waals surface area contributed by atoms with E-state index in [4.69, 9.17) is 27.3 Å². The Morgan fingerprint density at radius 1 is 1.06 bits per heavy atom. The van der Waals surface area contributed by atoms with Gasteiger partial charge >= 0.3 is 0 Å². The highest BCUT2D eigenvalue weighted by molar-refractivity contribution is 6.30. The van der Waals surface area contributed by atoms with Gasteiger partial charge in [-0.2, -0.15) is 5.10 Å². The lowest BCUT2D eigenvalue weighted by Gasteiger charge is -2.15. The van der Waals surface area contributed by atoms with Gasteiger partial charge in [-0.3, -0.25) is 14.0 Å². The summed E-state index contributed by atoms with van der Waals surface area (Å²) in [5.41, 5.74) is 12.1. The van der Waals surface area contributed by atoms with Crippen molar-refractivity contribution < 1.29 is 0 Å². The summed E-state index contributed by atoms with van der Waals surface area (Å²) in [4.78, 5) is 11.8. The van der Waals surface area contributed by atoms with E-state index in [-0.39, 0.29) is 0 Å². The number of nitrogens with zero attached hydrogens (tertiary/aromatic N) is 6. The molecule has 2 N–H and O–H groups in total. The van der Waals surface area contributed by atoms with Crippen molar-refractivity contribution in [3.05, 3.63) is 77.3 Å². The second kappa shape index (κ2) is 8.26. The van der Waals surface area contributed by atoms with E-state index in [2.05, 4.69) is 30.0 Å². The molecule has 0 spiro atoms. The standard InChI is InChI=1S/C24H24ClN7/c1-3-31-13-17(11-27-31)20-8-5-9-21-22(20)29-24(26)32-15-19(28-23(21)32)14-30(2)12-16-6-4-7-18(25)10-16/h4-11,13,15H,3,12,14H2,1-2H3,(H2,26,29). The first-order valence-corrected chi connectivity index (χ1v) is 10.9. The Morgan fingerprint density at radius 3 is 2.69 bits per heavy atom. The van der Waals surface area contributed by atoms with Crippen molar-refractivity contribution in [2.24, 2.45) is 0 Å². The number of aromatic nitrogens is 5. The molecule has 0 aliphatic heterocycles. The van der Waals surface area contributed by atoms with Crippen LogP contribution >= 0.6 is 11.6 Å². The van der Waals surface area contributed by atoms with E-state index < -0.39 is 0 Å². The van der Waals surface area contributed by atoms with E-state index in [1.807, 2.05) is 64.1 Å². The molecule has 3 aromatic heterocycles. The van der Waals surface area contributed by atoms with Crippen LogP contribution in [-0.2, 0) is 19.6 Å². The van der Waals surface area contributed by atoms with Crippen LogP contribution in [0.5, 0.6) is 0 Å². The van der Waals surface area contributed by atoms with Crippen molar-refractivity contribution in [1.29, 1.82) is 0 Å². The molecule has 8 heteroatoms. The molecule has 0 saturated carbocycles. The molecule has 0 saturated heterocycles. The van der Waals surface area contributed by atoms with E-state index in [0.717, 1.165) is 57.0 Å². The predicted molar refractivity (Wildman–Crippen MR) is 128 cm³/mol. The Bertz CT molecular complexity index is 1420. The molecule has 5 aromatic rings. The van der Waals surface area contributed by atoms with Gasteiger partial charge in [-0.1, -0.05) is 35.9 Å². The Kier molecular flexibility index (Phi) is 5.28. The molecule has 0 aliphatic carbocycles. The Hall–Kier alpha value is -3.42. The Labute approximate surface area is 191 Å². The van der Waals surface area contributed by atoms with Crippen LogP contribution in [0.15, 0.2) is 61.1 Å². The van der Waals surface area contributed by atoms with Crippen molar-refractivity contribution in [2.45, 2.75) is 26.6 Å². The van der Waals surface area contributed by atoms with Crippen molar-refractivity contribution in [3.63, 3.8) is 0 Å². The molecule has 3 heterocycles. The van der Waals surface area contributed by atoms with Gasteiger partial charge in [0.2, 0.25) is 5.95 Å². The van der Waals surface area contributed by atoms with Crippen molar-refractivity contribution in [2.75, 3.05) is 12.8 Å². The monoisotopic (exact) mass is 445 g/mol. The average molecular weight is 446 g/mol. The highest BCUT2D eigenvalue weighted by Crippen LogP contribution is 2.30. The molecule has 0 amide bonds. The number of nitrogens with two attached hydrogens (primary N) is 1. The number of para-hydroxylation sites is 1. The number of fused-ring (bicyclic) bond motifs is 3. The number of anilines is 1. The molecule has 7 nitrogen and oxygen atoms in total. The number of halogens is 1. The fraction of sp³-hybridized carbons (Fsp3) is 0.208. The Balaban J connectivity index is 1.51. The number of imidazole rings is 1. The first kappa shape index (κ1) is 20.5. The van der Waals surface area contributed by atoms with Crippen molar-refractivity contribution >= 4 is 34.1 Å². The van der Waals surface area contributed by atoms with Crippen LogP contribution in [0.25, 0.3) is 27.7 Å². The largest absolute Gasteiger partial charge is 0.369 e. The molecule has 2 aromatic carbocycles. The van der Waals surface area contributed by atoms with Crippen LogP contribution < -0.4 is 5.73 Å². The fourth-order valence-corrected chi connectivity index (χ4v) is 4.28. The first-order valence-electron chi connectivity index (χ1n) is 10.5. The topological polar surface area (TPSA) is 77.3 Å². The van der Waals surface area contributed by atoms with Gasteiger partial charge < -0.3 is 5.73 Å². The summed E-state index contributed by atoms with van der Waals surface area (Å²) in [6, 6.07) is 14.0. The second-order valence-electron chi connectivity index (χ2n) is 7.98. The molecule has 0 fully saturated rings. The molecule has 0 atom stereocenters. The van der Waals surface area contributed by atoms with Crippen LogP contribution in [0.1, 0.15) is 18.2 Å². The minimum atomic E-state index is 0.416. The third-order valence-electron chi connectivity index (χ3n) is 5.55. The maximum atomic E-state index is 6.35. The number of benzene rings is 2. The maximum Gasteiger partial charge on any atom is 0.206 e. The van der Waals surface area contributed by atoms with Crippen LogP contribution in [-0.4, -0.2) is 36.1 Å². The average Bonchev–Trinajstić information content (AvgIpc) is 3.41. The fourth-order valence-electron chi connectivity index (χ4n) is 4.07. The number of hydrogen-bond acceptors (Lipinski definition) is 5. The summed E-state index contributed by atoms with van der Waals surface area (Å²) < 4.78 is 3.77. The maximum absolute atomic E-state index is 6.35. The number of rotatable bonds is 6. The van der Waals surface area contributed by atoms with Crippen molar-refractivity contribution in [3.8, 4) is 11.1 Å². The second-order valence-corrected chi connectivity index (χ2v) is 8.42. The number of nitrogen functional groups attached to an aromatic ring is 1. The predicted octanol–water partition coefficient (Wildman–Crippen LogP) is 4.63. The zero-order valence-corrected chi connectivity index (χ0v) is 18.8. The zero-order chi connectivity index (χ0) is 22.2. The summed E-state index contributed by atoms with van der Waals surface area (Å²) >= 11 is 6.12. The van der Waals surface area contributed by atoms with Crippen molar-refractivity contribution in [1.82, 2.24) is 29.0 Å². The third-order valence-corrected chi connectivity index (χ3v) is 5.78. The third kappa shape index (κ3) is 3.81. The van der Waals surface area contributed by atoms with E-state index >= 15 is 0 Å². The van der Waals surface area contributed by atoms with E-state index in [0.29, 0.717) is 12.5 Å². The lowest BCUT2D eigenvalue weighted by atomic mass is 10.1. The van der Waals surface area contributed by atoms with Crippen LogP contribution in [0, 0.1) is 0 Å². The minimum Gasteiger partial charge on any atom is -0.369 e. The van der Waals surface area contributed by atoms with Gasteiger partial charge in [0.1, 0.15) is 5.65 Å². The summed E-state index contributed by atoms with van der Waals surface area (Å²) in [5, 5.41) is 6.11. The van der Waals surface area contributed by atoms with Crippen LogP contribution in [0.2, 0.25) is 5.02 Å². The van der Waals surface area contributed by atoms with Gasteiger partial charge in [-0.25, -0.2) is 9.97 Å². The molecule has 0 radical (unpaired) electrons. The molecule has 0 unspecified atom stereocenters. The van der Waals surface area contributed by atoms with E-state index in [9.17, 15) is 0 Å². The summed E-state index contributed by atoms with van der Waals surface area (Å²) in [6.45, 7) is 4.33. The molecule has 32 heavy (non-hydrogen) atoms. The lowest BCUT2D eigenvalue weighted by Crippen LogP contribution is -2.17. The SMILES string of the molecule is CCn1cc(-c2cccc3c2nc(N)n2cc(CN(C)Cc4cccc(Cl)c4)nc32)cn1. The smallest absolute Gasteiger partial charge is 0.206 e. The quantitative estimate of drug-likeness (QED) is 0.412. The van der Waals surface area contributed by atoms with Gasteiger partial charge in [-0.15, -0.1) is 0 Å². The molecular formula is C24H24ClN7. The van der Waals surface area contributed by atoms with E-state index in [1.165, 1.54) is 0 Å². The van der Waals surface area contributed by atoms with Crippen LogP contribution in [0.3, 0.4) is 0 Å². The van der Waals surface area contributed by atoms with Gasteiger partial charge in [0.25, 0.3) is 0 Å². The lowest BCUT2D eigenvalue weighted by molar-refractivity contribution is 0.316. The molecular weight excluding hydrogens is 422 g/mol. The van der Waals surface area contributed by atoms with Gasteiger partial charge in [-0.05, 0) is 37.7 Å². The molecule has 162 valence electrons. The summed E-state index contributed by atoms with van der Waals surface area (Å²) in [5.74, 6) is 0.416. The highest BCUT2D eigenvalue weighted by Gasteiger charge is 2.15. The van der Waals surface area contributed by atoms with E-state index in [1.54, 1.807) is 0 Å². The molecule has 5 rings (SSSR count). The number of hydrogen-bond donors (Lipinski definition) is 1. The van der Waals surface area contributed by atoms with Gasteiger partial charge in [0.15, 0.2) is 0 Å².